The Balaban J connectivity index is 1.42. The summed E-state index contributed by atoms with van der Waals surface area (Å²) in [5.41, 5.74) is 0.590. The lowest BCUT2D eigenvalue weighted by molar-refractivity contribution is 0.221. The molecule has 2 aliphatic rings. The molecule has 2 N–H and O–H groups in total. The predicted octanol–water partition coefficient (Wildman–Crippen LogP) is 4.93. The number of fused-ring (bicyclic) bond motifs is 1. The van der Waals surface area contributed by atoms with Crippen molar-refractivity contribution in [2.75, 3.05) is 24.1 Å². The van der Waals surface area contributed by atoms with Gasteiger partial charge in [0.25, 0.3) is 5.56 Å². The van der Waals surface area contributed by atoms with E-state index in [1.54, 1.807) is 10.8 Å². The summed E-state index contributed by atoms with van der Waals surface area (Å²) in [6.45, 7) is 3.76. The standard InChI is InChI=1S/C29H40FN7O3S/c1-18(2)37-27-25(17-31-29(34-27)32-20-11-13-21(14-12-20)36(3)4)33-26(28(37)38)19-10-15-24(23(30)16-19)35-41(39,40)22-8-6-5-7-9-22/h10,15-18,20-22,35H,5-9,11-14H2,1-4H3,(H,31,32,34)/t20-,21-. The van der Waals surface area contributed by atoms with Gasteiger partial charge < -0.3 is 10.2 Å². The Morgan fingerprint density at radius 3 is 2.37 bits per heavy atom. The molecule has 12 heteroatoms. The van der Waals surface area contributed by atoms with Gasteiger partial charge >= 0.3 is 0 Å². The summed E-state index contributed by atoms with van der Waals surface area (Å²) >= 11 is 0. The average Bonchev–Trinajstić information content (AvgIpc) is 2.94. The van der Waals surface area contributed by atoms with E-state index in [0.29, 0.717) is 36.0 Å². The van der Waals surface area contributed by atoms with Crippen LogP contribution in [0.4, 0.5) is 16.0 Å². The Hall–Kier alpha value is -3.12. The second kappa shape index (κ2) is 12.0. The number of anilines is 2. The summed E-state index contributed by atoms with van der Waals surface area (Å²) in [6.07, 6.45) is 9.65. The molecule has 41 heavy (non-hydrogen) atoms. The van der Waals surface area contributed by atoms with Crippen molar-refractivity contribution in [3.05, 3.63) is 40.6 Å². The summed E-state index contributed by atoms with van der Waals surface area (Å²) in [5.74, 6) is -0.311. The Morgan fingerprint density at radius 1 is 1.02 bits per heavy atom. The van der Waals surface area contributed by atoms with Gasteiger partial charge in [0.05, 0.1) is 17.1 Å². The first-order chi connectivity index (χ1) is 19.5. The van der Waals surface area contributed by atoms with E-state index >= 15 is 4.39 Å². The predicted molar refractivity (Wildman–Crippen MR) is 160 cm³/mol. The van der Waals surface area contributed by atoms with E-state index in [0.717, 1.165) is 51.0 Å². The first kappa shape index (κ1) is 29.4. The smallest absolute Gasteiger partial charge is 0.278 e. The summed E-state index contributed by atoms with van der Waals surface area (Å²) in [7, 11) is 0.512. The van der Waals surface area contributed by atoms with E-state index in [2.05, 4.69) is 44.0 Å². The molecule has 0 amide bonds. The Kier molecular flexibility index (Phi) is 8.60. The van der Waals surface area contributed by atoms with Crippen LogP contribution < -0.4 is 15.6 Å². The van der Waals surface area contributed by atoms with Gasteiger partial charge in [0, 0.05) is 23.7 Å². The lowest BCUT2D eigenvalue weighted by Gasteiger charge is -2.32. The molecule has 0 saturated heterocycles. The van der Waals surface area contributed by atoms with Gasteiger partial charge in [-0.15, -0.1) is 0 Å². The quantitative estimate of drug-likeness (QED) is 0.382. The van der Waals surface area contributed by atoms with Crippen molar-refractivity contribution >= 4 is 32.8 Å². The minimum atomic E-state index is -3.71. The molecule has 5 rings (SSSR count). The van der Waals surface area contributed by atoms with E-state index in [1.807, 2.05) is 13.8 Å². The van der Waals surface area contributed by atoms with E-state index < -0.39 is 26.6 Å². The molecule has 2 aromatic heterocycles. The maximum atomic E-state index is 15.2. The van der Waals surface area contributed by atoms with E-state index in [-0.39, 0.29) is 29.0 Å². The van der Waals surface area contributed by atoms with Crippen LogP contribution in [0.15, 0.2) is 29.2 Å². The van der Waals surface area contributed by atoms with E-state index in [1.165, 1.54) is 12.1 Å². The minimum absolute atomic E-state index is 0.0538. The SMILES string of the molecule is CC(C)n1c(=O)c(-c2ccc(NS(=O)(=O)C3CCCCC3)c(F)c2)nc2cnc(N[C@H]3CC[C@H](N(C)C)CC3)nc21. The molecule has 0 spiro atoms. The van der Waals surface area contributed by atoms with Crippen molar-refractivity contribution in [1.82, 2.24) is 24.4 Å². The zero-order valence-corrected chi connectivity index (χ0v) is 25.0. The average molecular weight is 586 g/mol. The van der Waals surface area contributed by atoms with Crippen molar-refractivity contribution in [2.45, 2.75) is 95.0 Å². The van der Waals surface area contributed by atoms with Crippen molar-refractivity contribution in [3.63, 3.8) is 0 Å². The van der Waals surface area contributed by atoms with Crippen molar-refractivity contribution in [2.24, 2.45) is 0 Å². The van der Waals surface area contributed by atoms with Gasteiger partial charge in [-0.05, 0) is 78.6 Å². The highest BCUT2D eigenvalue weighted by Gasteiger charge is 2.28. The first-order valence-corrected chi connectivity index (χ1v) is 16.1. The first-order valence-electron chi connectivity index (χ1n) is 14.6. The van der Waals surface area contributed by atoms with Gasteiger partial charge in [0.15, 0.2) is 5.65 Å². The van der Waals surface area contributed by atoms with Gasteiger partial charge in [0.2, 0.25) is 16.0 Å². The fourth-order valence-electron chi connectivity index (χ4n) is 6.01. The highest BCUT2D eigenvalue weighted by molar-refractivity contribution is 7.93. The van der Waals surface area contributed by atoms with Crippen LogP contribution in [0, 0.1) is 5.82 Å². The number of aromatic nitrogens is 4. The molecular formula is C29H40FN7O3S. The lowest BCUT2D eigenvalue weighted by atomic mass is 9.91. The monoisotopic (exact) mass is 585 g/mol. The molecule has 1 aromatic carbocycles. The zero-order chi connectivity index (χ0) is 29.3. The van der Waals surface area contributed by atoms with Gasteiger partial charge in [0.1, 0.15) is 17.0 Å². The second-order valence-electron chi connectivity index (χ2n) is 11.8. The molecule has 0 bridgehead atoms. The Morgan fingerprint density at radius 2 is 1.73 bits per heavy atom. The number of hydrogen-bond acceptors (Lipinski definition) is 8. The summed E-state index contributed by atoms with van der Waals surface area (Å²) < 4.78 is 44.8. The maximum Gasteiger partial charge on any atom is 0.278 e. The largest absolute Gasteiger partial charge is 0.351 e. The number of benzene rings is 1. The number of hydrogen-bond donors (Lipinski definition) is 2. The van der Waals surface area contributed by atoms with E-state index in [4.69, 9.17) is 0 Å². The van der Waals surface area contributed by atoms with Gasteiger partial charge in [-0.2, -0.15) is 4.98 Å². The molecule has 10 nitrogen and oxygen atoms in total. The minimum Gasteiger partial charge on any atom is -0.351 e. The highest BCUT2D eigenvalue weighted by atomic mass is 32.2. The number of sulfonamides is 1. The molecule has 0 aliphatic heterocycles. The fraction of sp³-hybridized carbons (Fsp3) is 0.586. The van der Waals surface area contributed by atoms with Crippen LogP contribution in [0.25, 0.3) is 22.4 Å². The molecule has 0 unspecified atom stereocenters. The Bertz CT molecular complexity index is 1560. The van der Waals surface area contributed by atoms with Gasteiger partial charge in [-0.3, -0.25) is 14.1 Å². The normalized spacial score (nSPS) is 20.6. The molecule has 0 radical (unpaired) electrons. The van der Waals surface area contributed by atoms with Crippen LogP contribution in [0.3, 0.4) is 0 Å². The molecule has 2 fully saturated rings. The summed E-state index contributed by atoms with van der Waals surface area (Å²) in [6, 6.07) is 4.62. The summed E-state index contributed by atoms with van der Waals surface area (Å²) in [5, 5.41) is 2.91. The highest BCUT2D eigenvalue weighted by Crippen LogP contribution is 2.29. The van der Waals surface area contributed by atoms with Crippen molar-refractivity contribution in [1.29, 1.82) is 0 Å². The molecule has 3 aromatic rings. The van der Waals surface area contributed by atoms with Gasteiger partial charge in [-0.1, -0.05) is 25.3 Å². The van der Waals surface area contributed by atoms with Crippen molar-refractivity contribution in [3.8, 4) is 11.3 Å². The number of nitrogens with one attached hydrogen (secondary N) is 2. The van der Waals surface area contributed by atoms with Crippen molar-refractivity contribution < 1.29 is 12.8 Å². The molecule has 2 heterocycles. The molecule has 0 atom stereocenters. The van der Waals surface area contributed by atoms with Crippen LogP contribution in [0.5, 0.6) is 0 Å². The fourth-order valence-corrected chi connectivity index (χ4v) is 7.61. The van der Waals surface area contributed by atoms with E-state index in [9.17, 15) is 13.2 Å². The number of nitrogens with zero attached hydrogens (tertiary/aromatic N) is 5. The lowest BCUT2D eigenvalue weighted by Crippen LogP contribution is -2.36. The van der Waals surface area contributed by atoms with Gasteiger partial charge in [-0.25, -0.2) is 22.8 Å². The van der Waals surface area contributed by atoms with Crippen LogP contribution in [-0.2, 0) is 10.0 Å². The molecule has 222 valence electrons. The number of halogens is 1. The molecular weight excluding hydrogens is 545 g/mol. The molecule has 2 aliphatic carbocycles. The Labute approximate surface area is 240 Å². The number of rotatable bonds is 8. The second-order valence-corrected chi connectivity index (χ2v) is 13.8. The van der Waals surface area contributed by atoms with Crippen LogP contribution in [0.2, 0.25) is 0 Å². The third-order valence-corrected chi connectivity index (χ3v) is 10.2. The zero-order valence-electron chi connectivity index (χ0n) is 24.2. The topological polar surface area (TPSA) is 122 Å². The van der Waals surface area contributed by atoms with Crippen LogP contribution in [-0.4, -0.2) is 64.3 Å². The van der Waals surface area contributed by atoms with Crippen LogP contribution in [0.1, 0.15) is 77.7 Å². The third kappa shape index (κ3) is 6.38. The van der Waals surface area contributed by atoms with Crippen LogP contribution >= 0.6 is 0 Å². The third-order valence-electron chi connectivity index (χ3n) is 8.39. The maximum absolute atomic E-state index is 15.2. The molecule has 2 saturated carbocycles. The summed E-state index contributed by atoms with van der Waals surface area (Å²) in [4.78, 5) is 29.6.